The van der Waals surface area contributed by atoms with Crippen molar-refractivity contribution in [1.82, 2.24) is 25.0 Å². The third kappa shape index (κ3) is 4.60. The molecule has 0 aliphatic rings. The Balaban J connectivity index is 1.36. The summed E-state index contributed by atoms with van der Waals surface area (Å²) in [6.45, 7) is 0.0718. The molecule has 3 aromatic heterocycles. The number of carbonyl (C=O) groups is 1. The monoisotopic (exact) mass is 471 g/mol. The van der Waals surface area contributed by atoms with Gasteiger partial charge in [0.05, 0.1) is 30.8 Å². The lowest BCUT2D eigenvalue weighted by atomic mass is 10.1. The summed E-state index contributed by atoms with van der Waals surface area (Å²) in [5.41, 5.74) is 3.50. The summed E-state index contributed by atoms with van der Waals surface area (Å²) in [5, 5.41) is 10.7. The second-order valence-electron chi connectivity index (χ2n) is 7.51. The van der Waals surface area contributed by atoms with Gasteiger partial charge >= 0.3 is 0 Å². The average molecular weight is 471 g/mol. The van der Waals surface area contributed by atoms with Crippen molar-refractivity contribution in [1.29, 1.82) is 0 Å². The first-order valence-corrected chi connectivity index (χ1v) is 10.6. The lowest BCUT2D eigenvalue weighted by molar-refractivity contribution is -0.119. The van der Waals surface area contributed by atoms with Crippen LogP contribution < -0.4 is 15.0 Å². The number of hydrogen-bond acceptors (Lipinski definition) is 9. The predicted molar refractivity (Wildman–Crippen MR) is 127 cm³/mol. The van der Waals surface area contributed by atoms with Gasteiger partial charge in [0, 0.05) is 30.6 Å². The van der Waals surface area contributed by atoms with Crippen molar-refractivity contribution in [3.05, 3.63) is 73.7 Å². The van der Waals surface area contributed by atoms with Gasteiger partial charge in [-0.25, -0.2) is 9.67 Å². The summed E-state index contributed by atoms with van der Waals surface area (Å²) in [6.07, 6.45) is 7.70. The molecule has 0 atom stereocenters. The highest BCUT2D eigenvalue weighted by molar-refractivity contribution is 5.96. The lowest BCUT2D eigenvalue weighted by Gasteiger charge is -2.19. The Morgan fingerprint density at radius 1 is 1.17 bits per heavy atom. The Morgan fingerprint density at radius 2 is 2.06 bits per heavy atom. The van der Waals surface area contributed by atoms with Crippen molar-refractivity contribution < 1.29 is 18.4 Å². The van der Waals surface area contributed by atoms with Crippen LogP contribution in [-0.4, -0.2) is 45.0 Å². The fraction of sp³-hybridized carbons (Fsp3) is 0.125. The number of amides is 1. The van der Waals surface area contributed by atoms with E-state index in [2.05, 4.69) is 25.6 Å². The maximum absolute atomic E-state index is 12.8. The number of rotatable bonds is 8. The summed E-state index contributed by atoms with van der Waals surface area (Å²) in [5.74, 6) is 1.06. The molecule has 0 aliphatic carbocycles. The highest BCUT2D eigenvalue weighted by atomic mass is 16.5. The molecular weight excluding hydrogens is 450 g/mol. The van der Waals surface area contributed by atoms with E-state index in [-0.39, 0.29) is 12.5 Å². The van der Waals surface area contributed by atoms with Crippen LogP contribution >= 0.6 is 0 Å². The van der Waals surface area contributed by atoms with E-state index in [1.54, 1.807) is 31.5 Å². The molecule has 1 amide bonds. The summed E-state index contributed by atoms with van der Waals surface area (Å²) in [7, 11) is 3.29. The standard InChI is InChI=1S/C24H21N7O4/c1-30(23(32)13-31-10-9-26-29-31)20-6-4-3-5-17(20)19-14-34-24(28-19)27-16-7-8-18(21(11-16)33-2)22-12-25-15-35-22/h3-12,14-15H,13H2,1-2H3,(H,27,28). The number of para-hydroxylation sites is 1. The SMILES string of the molecule is COc1cc(Nc2nc(-c3ccccc3N(C)C(=O)Cn3ccnn3)co2)ccc1-c1cnco1. The first-order chi connectivity index (χ1) is 17.1. The van der Waals surface area contributed by atoms with Gasteiger partial charge in [-0.3, -0.25) is 4.79 Å². The number of hydrogen-bond donors (Lipinski definition) is 1. The molecule has 1 N–H and O–H groups in total. The minimum Gasteiger partial charge on any atom is -0.496 e. The van der Waals surface area contributed by atoms with Crippen molar-refractivity contribution >= 4 is 23.3 Å². The number of likely N-dealkylation sites (N-methyl/N-ethyl adjacent to an activating group) is 1. The number of anilines is 3. The number of nitrogens with one attached hydrogen (secondary N) is 1. The summed E-state index contributed by atoms with van der Waals surface area (Å²) < 4.78 is 18.0. The van der Waals surface area contributed by atoms with E-state index in [9.17, 15) is 4.79 Å². The third-order valence-electron chi connectivity index (χ3n) is 5.34. The minimum atomic E-state index is -0.149. The predicted octanol–water partition coefficient (Wildman–Crippen LogP) is 4.00. The second kappa shape index (κ2) is 9.51. The van der Waals surface area contributed by atoms with E-state index in [1.165, 1.54) is 23.5 Å². The number of aromatic nitrogens is 5. The topological polar surface area (TPSA) is 124 Å². The molecular formula is C24H21N7O4. The van der Waals surface area contributed by atoms with E-state index >= 15 is 0 Å². The van der Waals surface area contributed by atoms with Crippen LogP contribution in [0.25, 0.3) is 22.6 Å². The van der Waals surface area contributed by atoms with E-state index in [1.807, 2.05) is 42.5 Å². The van der Waals surface area contributed by atoms with Crippen LogP contribution in [0, 0.1) is 0 Å². The molecule has 0 aliphatic heterocycles. The van der Waals surface area contributed by atoms with Crippen LogP contribution in [0.2, 0.25) is 0 Å². The van der Waals surface area contributed by atoms with Crippen molar-refractivity contribution in [3.8, 4) is 28.3 Å². The van der Waals surface area contributed by atoms with Gasteiger partial charge in [0.25, 0.3) is 6.01 Å². The van der Waals surface area contributed by atoms with E-state index < -0.39 is 0 Å². The first-order valence-electron chi connectivity index (χ1n) is 10.6. The van der Waals surface area contributed by atoms with Gasteiger partial charge in [0.1, 0.15) is 24.3 Å². The zero-order valence-corrected chi connectivity index (χ0v) is 19.0. The Morgan fingerprint density at radius 3 is 2.83 bits per heavy atom. The molecule has 0 fully saturated rings. The minimum absolute atomic E-state index is 0.0718. The van der Waals surface area contributed by atoms with Gasteiger partial charge < -0.3 is 23.8 Å². The molecule has 35 heavy (non-hydrogen) atoms. The van der Waals surface area contributed by atoms with Gasteiger partial charge in [0.2, 0.25) is 5.91 Å². The molecule has 11 heteroatoms. The van der Waals surface area contributed by atoms with Gasteiger partial charge in [0.15, 0.2) is 12.2 Å². The Bertz CT molecular complexity index is 1430. The normalized spacial score (nSPS) is 10.8. The molecule has 0 unspecified atom stereocenters. The van der Waals surface area contributed by atoms with Crippen LogP contribution in [0.15, 0.2) is 82.5 Å². The molecule has 5 rings (SSSR count). The number of oxazole rings is 2. The fourth-order valence-electron chi connectivity index (χ4n) is 3.58. The second-order valence-corrected chi connectivity index (χ2v) is 7.51. The first kappa shape index (κ1) is 21.9. The number of carbonyl (C=O) groups excluding carboxylic acids is 1. The van der Waals surface area contributed by atoms with E-state index in [0.717, 1.165) is 11.1 Å². The molecule has 0 bridgehead atoms. The van der Waals surface area contributed by atoms with Gasteiger partial charge in [-0.05, 0) is 18.2 Å². The summed E-state index contributed by atoms with van der Waals surface area (Å²) in [4.78, 5) is 22.9. The molecule has 176 valence electrons. The van der Waals surface area contributed by atoms with E-state index in [0.29, 0.717) is 34.6 Å². The number of benzene rings is 2. The zero-order chi connectivity index (χ0) is 24.2. The van der Waals surface area contributed by atoms with Crippen LogP contribution in [-0.2, 0) is 11.3 Å². The van der Waals surface area contributed by atoms with Crippen LogP contribution in [0.1, 0.15) is 0 Å². The Kier molecular flexibility index (Phi) is 5.95. The van der Waals surface area contributed by atoms with Gasteiger partial charge in [-0.2, -0.15) is 4.98 Å². The van der Waals surface area contributed by atoms with Crippen molar-refractivity contribution in [3.63, 3.8) is 0 Å². The van der Waals surface area contributed by atoms with Gasteiger partial charge in [-0.15, -0.1) is 5.10 Å². The largest absolute Gasteiger partial charge is 0.496 e. The Labute approximate surface area is 200 Å². The fourth-order valence-corrected chi connectivity index (χ4v) is 3.58. The molecule has 0 radical (unpaired) electrons. The number of methoxy groups -OCH3 is 1. The molecule has 5 aromatic rings. The quantitative estimate of drug-likeness (QED) is 0.357. The highest BCUT2D eigenvalue weighted by Gasteiger charge is 2.18. The smallest absolute Gasteiger partial charge is 0.299 e. The highest BCUT2D eigenvalue weighted by Crippen LogP contribution is 2.34. The molecule has 3 heterocycles. The Hall–Kier alpha value is -4.93. The molecule has 0 saturated heterocycles. The maximum Gasteiger partial charge on any atom is 0.299 e. The van der Waals surface area contributed by atoms with Crippen molar-refractivity contribution in [2.45, 2.75) is 6.54 Å². The van der Waals surface area contributed by atoms with Crippen molar-refractivity contribution in [2.75, 3.05) is 24.4 Å². The number of nitrogens with zero attached hydrogens (tertiary/aromatic N) is 6. The summed E-state index contributed by atoms with van der Waals surface area (Å²) >= 11 is 0. The third-order valence-corrected chi connectivity index (χ3v) is 5.34. The molecule has 0 saturated carbocycles. The molecule has 0 spiro atoms. The van der Waals surface area contributed by atoms with Crippen LogP contribution in [0.3, 0.4) is 0 Å². The van der Waals surface area contributed by atoms with E-state index in [4.69, 9.17) is 13.6 Å². The average Bonchev–Trinajstić information content (AvgIpc) is 3.67. The number of ether oxygens (including phenoxy) is 1. The lowest BCUT2D eigenvalue weighted by Crippen LogP contribution is -2.30. The van der Waals surface area contributed by atoms with Crippen LogP contribution in [0.5, 0.6) is 5.75 Å². The molecule has 11 nitrogen and oxygen atoms in total. The summed E-state index contributed by atoms with van der Waals surface area (Å²) in [6, 6.07) is 13.3. The maximum atomic E-state index is 12.8. The molecule has 2 aromatic carbocycles. The zero-order valence-electron chi connectivity index (χ0n) is 19.0. The van der Waals surface area contributed by atoms with Crippen molar-refractivity contribution in [2.24, 2.45) is 0 Å². The van der Waals surface area contributed by atoms with Crippen LogP contribution in [0.4, 0.5) is 17.4 Å². The van der Waals surface area contributed by atoms with Gasteiger partial charge in [-0.1, -0.05) is 23.4 Å².